The molecule has 3 nitrogen and oxygen atoms in total. The Morgan fingerprint density at radius 3 is 2.95 bits per heavy atom. The van der Waals surface area contributed by atoms with Gasteiger partial charge in [0.25, 0.3) is 0 Å². The van der Waals surface area contributed by atoms with E-state index in [1.165, 1.54) is 17.7 Å². The summed E-state index contributed by atoms with van der Waals surface area (Å²) in [5, 5.41) is 2.12. The number of nitrogens with zero attached hydrogens (tertiary/aromatic N) is 3. The lowest BCUT2D eigenvalue weighted by molar-refractivity contribution is 0.772. The first-order valence-corrected chi connectivity index (χ1v) is 7.87. The Kier molecular flexibility index (Phi) is 3.71. The van der Waals surface area contributed by atoms with Crippen LogP contribution in [-0.2, 0) is 12.4 Å². The SMILES string of the molecule is Cc1ncc(CCl)c(N(Cc2cccs2)C2CC2)n1. The van der Waals surface area contributed by atoms with Crippen molar-refractivity contribution < 1.29 is 0 Å². The third kappa shape index (κ3) is 2.90. The van der Waals surface area contributed by atoms with Gasteiger partial charge in [-0.15, -0.1) is 22.9 Å². The molecule has 0 saturated heterocycles. The summed E-state index contributed by atoms with van der Waals surface area (Å²) in [6.45, 7) is 2.85. The zero-order valence-corrected chi connectivity index (χ0v) is 12.4. The van der Waals surface area contributed by atoms with Gasteiger partial charge in [-0.3, -0.25) is 0 Å². The minimum Gasteiger partial charge on any atom is -0.348 e. The fourth-order valence-corrected chi connectivity index (χ4v) is 3.05. The molecule has 1 fully saturated rings. The first kappa shape index (κ1) is 12.9. The topological polar surface area (TPSA) is 29.0 Å². The van der Waals surface area contributed by atoms with Gasteiger partial charge in [-0.05, 0) is 31.2 Å². The highest BCUT2D eigenvalue weighted by Crippen LogP contribution is 2.34. The Hall–Kier alpha value is -1.13. The number of hydrogen-bond acceptors (Lipinski definition) is 4. The van der Waals surface area contributed by atoms with E-state index in [4.69, 9.17) is 11.6 Å². The van der Waals surface area contributed by atoms with Gasteiger partial charge in [0.05, 0.1) is 12.4 Å². The molecule has 0 spiro atoms. The number of alkyl halides is 1. The molecule has 2 aromatic heterocycles. The molecule has 100 valence electrons. The van der Waals surface area contributed by atoms with Gasteiger partial charge in [-0.1, -0.05) is 6.07 Å². The normalized spacial score (nSPS) is 14.6. The molecule has 1 saturated carbocycles. The largest absolute Gasteiger partial charge is 0.348 e. The number of halogens is 1. The smallest absolute Gasteiger partial charge is 0.137 e. The van der Waals surface area contributed by atoms with Crippen molar-refractivity contribution in [1.29, 1.82) is 0 Å². The number of thiophene rings is 1. The van der Waals surface area contributed by atoms with Crippen LogP contribution in [0.5, 0.6) is 0 Å². The van der Waals surface area contributed by atoms with E-state index in [0.29, 0.717) is 11.9 Å². The zero-order chi connectivity index (χ0) is 13.2. The molecule has 0 aliphatic heterocycles. The number of aromatic nitrogens is 2. The van der Waals surface area contributed by atoms with Gasteiger partial charge in [-0.25, -0.2) is 9.97 Å². The molecule has 0 bridgehead atoms. The molecule has 3 rings (SSSR count). The van der Waals surface area contributed by atoms with E-state index in [-0.39, 0.29) is 0 Å². The molecule has 1 aliphatic rings. The lowest BCUT2D eigenvalue weighted by Crippen LogP contribution is -2.27. The number of anilines is 1. The van der Waals surface area contributed by atoms with E-state index in [0.717, 1.165) is 23.8 Å². The van der Waals surface area contributed by atoms with E-state index in [1.54, 1.807) is 11.3 Å². The van der Waals surface area contributed by atoms with Gasteiger partial charge in [-0.2, -0.15) is 0 Å². The Balaban J connectivity index is 1.93. The van der Waals surface area contributed by atoms with Crippen LogP contribution in [-0.4, -0.2) is 16.0 Å². The summed E-state index contributed by atoms with van der Waals surface area (Å²) in [6.07, 6.45) is 4.35. The molecular formula is C14H16ClN3S. The fourth-order valence-electron chi connectivity index (χ4n) is 2.16. The van der Waals surface area contributed by atoms with Gasteiger partial charge in [0.2, 0.25) is 0 Å². The van der Waals surface area contributed by atoms with Crippen molar-refractivity contribution in [2.45, 2.75) is 38.2 Å². The summed E-state index contributed by atoms with van der Waals surface area (Å²) in [6, 6.07) is 4.88. The molecule has 0 aromatic carbocycles. The van der Waals surface area contributed by atoms with Crippen molar-refractivity contribution >= 4 is 28.8 Å². The fraction of sp³-hybridized carbons (Fsp3) is 0.429. The second-order valence-electron chi connectivity index (χ2n) is 4.84. The van der Waals surface area contributed by atoms with Gasteiger partial charge in [0.15, 0.2) is 0 Å². The highest BCUT2D eigenvalue weighted by molar-refractivity contribution is 7.09. The number of aryl methyl sites for hydroxylation is 1. The standard InChI is InChI=1S/C14H16ClN3S/c1-10-16-8-11(7-15)14(17-10)18(12-4-5-12)9-13-3-2-6-19-13/h2-3,6,8,12H,4-5,7,9H2,1H3. The van der Waals surface area contributed by atoms with Crippen LogP contribution >= 0.6 is 22.9 Å². The highest BCUT2D eigenvalue weighted by Gasteiger charge is 2.31. The average molecular weight is 294 g/mol. The summed E-state index contributed by atoms with van der Waals surface area (Å²) < 4.78 is 0. The molecule has 1 aliphatic carbocycles. The van der Waals surface area contributed by atoms with Crippen LogP contribution in [0.3, 0.4) is 0 Å². The van der Waals surface area contributed by atoms with Crippen molar-refractivity contribution in [3.05, 3.63) is 40.0 Å². The molecule has 19 heavy (non-hydrogen) atoms. The second-order valence-corrected chi connectivity index (χ2v) is 6.14. The molecular weight excluding hydrogens is 278 g/mol. The van der Waals surface area contributed by atoms with Crippen LogP contribution in [0.15, 0.2) is 23.7 Å². The molecule has 0 unspecified atom stereocenters. The van der Waals surface area contributed by atoms with Gasteiger partial charge >= 0.3 is 0 Å². The predicted octanol–water partition coefficient (Wildman–Crippen LogP) is 3.75. The van der Waals surface area contributed by atoms with Gasteiger partial charge in [0.1, 0.15) is 11.6 Å². The van der Waals surface area contributed by atoms with Crippen molar-refractivity contribution in [3.63, 3.8) is 0 Å². The first-order valence-electron chi connectivity index (χ1n) is 6.45. The Morgan fingerprint density at radius 2 is 2.32 bits per heavy atom. The maximum absolute atomic E-state index is 6.03. The Morgan fingerprint density at radius 1 is 1.47 bits per heavy atom. The Labute approximate surface area is 122 Å². The van der Waals surface area contributed by atoms with E-state index in [9.17, 15) is 0 Å². The van der Waals surface area contributed by atoms with E-state index >= 15 is 0 Å². The third-order valence-corrected chi connectivity index (χ3v) is 4.42. The van der Waals surface area contributed by atoms with E-state index in [2.05, 4.69) is 32.4 Å². The summed E-state index contributed by atoms with van der Waals surface area (Å²) in [7, 11) is 0. The van der Waals surface area contributed by atoms with Gasteiger partial charge < -0.3 is 4.90 Å². The summed E-state index contributed by atoms with van der Waals surface area (Å²) in [5.41, 5.74) is 1.02. The molecule has 2 aromatic rings. The van der Waals surface area contributed by atoms with Crippen molar-refractivity contribution in [3.8, 4) is 0 Å². The molecule has 0 radical (unpaired) electrons. The third-order valence-electron chi connectivity index (χ3n) is 3.27. The minimum atomic E-state index is 0.462. The van der Waals surface area contributed by atoms with Crippen LogP contribution in [0.25, 0.3) is 0 Å². The van der Waals surface area contributed by atoms with Crippen molar-refractivity contribution in [2.75, 3.05) is 4.90 Å². The lowest BCUT2D eigenvalue weighted by atomic mass is 10.3. The molecule has 0 atom stereocenters. The monoisotopic (exact) mass is 293 g/mol. The maximum Gasteiger partial charge on any atom is 0.137 e. The highest BCUT2D eigenvalue weighted by atomic mass is 35.5. The van der Waals surface area contributed by atoms with E-state index < -0.39 is 0 Å². The molecule has 2 heterocycles. The summed E-state index contributed by atoms with van der Waals surface area (Å²) in [4.78, 5) is 12.6. The first-order chi connectivity index (χ1) is 9.28. The Bertz CT molecular complexity index is 552. The van der Waals surface area contributed by atoms with Gasteiger partial charge in [0, 0.05) is 22.7 Å². The van der Waals surface area contributed by atoms with Crippen molar-refractivity contribution in [1.82, 2.24) is 9.97 Å². The van der Waals surface area contributed by atoms with E-state index in [1.807, 2.05) is 13.1 Å². The average Bonchev–Trinajstić information content (AvgIpc) is 3.13. The van der Waals surface area contributed by atoms with Crippen LogP contribution in [0.4, 0.5) is 5.82 Å². The number of rotatable bonds is 5. The summed E-state index contributed by atoms with van der Waals surface area (Å²) >= 11 is 7.82. The second kappa shape index (κ2) is 5.47. The lowest BCUT2D eigenvalue weighted by Gasteiger charge is -2.25. The van der Waals surface area contributed by atoms with Crippen LogP contribution in [0, 0.1) is 6.92 Å². The number of hydrogen-bond donors (Lipinski definition) is 0. The molecule has 0 amide bonds. The quantitative estimate of drug-likeness (QED) is 0.786. The molecule has 0 N–H and O–H groups in total. The molecule has 5 heteroatoms. The zero-order valence-electron chi connectivity index (χ0n) is 10.8. The minimum absolute atomic E-state index is 0.462. The van der Waals surface area contributed by atoms with Crippen LogP contribution in [0.2, 0.25) is 0 Å². The predicted molar refractivity (Wildman–Crippen MR) is 79.9 cm³/mol. The summed E-state index contributed by atoms with van der Waals surface area (Å²) in [5.74, 6) is 2.28. The van der Waals surface area contributed by atoms with Crippen LogP contribution in [0.1, 0.15) is 29.1 Å². The van der Waals surface area contributed by atoms with Crippen LogP contribution < -0.4 is 4.90 Å². The van der Waals surface area contributed by atoms with Crippen molar-refractivity contribution in [2.24, 2.45) is 0 Å². The maximum atomic E-state index is 6.03.